The number of morpholine rings is 1. The van der Waals surface area contributed by atoms with Crippen LogP contribution >= 0.6 is 11.3 Å². The Morgan fingerprint density at radius 3 is 2.56 bits per heavy atom. The molecule has 1 aromatic heterocycles. The molecule has 4 rings (SSSR count). The molecule has 2 saturated heterocycles. The lowest BCUT2D eigenvalue weighted by Gasteiger charge is -2.31. The number of carbonyl (C=O) groups is 1. The molecule has 4 nitrogen and oxygen atoms in total. The molecule has 18 heavy (non-hydrogen) atoms. The average Bonchev–Trinajstić information content (AvgIpc) is 3.06. The van der Waals surface area contributed by atoms with Gasteiger partial charge in [-0.15, -0.1) is 0 Å². The van der Waals surface area contributed by atoms with E-state index in [4.69, 9.17) is 9.72 Å². The van der Waals surface area contributed by atoms with Crippen LogP contribution in [-0.4, -0.2) is 36.6 Å². The fourth-order valence-electron chi connectivity index (χ4n) is 2.97. The zero-order chi connectivity index (χ0) is 12.1. The first-order valence-electron chi connectivity index (χ1n) is 6.70. The quantitative estimate of drug-likeness (QED) is 0.785. The molecule has 2 aliphatic heterocycles. The number of nitrogens with zero attached hydrogens (tertiary/aromatic N) is 2. The predicted molar refractivity (Wildman–Crippen MR) is 69.6 cm³/mol. The summed E-state index contributed by atoms with van der Waals surface area (Å²) >= 11 is 1.56. The van der Waals surface area contributed by atoms with Crippen LogP contribution < -0.4 is 4.90 Å². The molecule has 0 radical (unpaired) electrons. The highest BCUT2D eigenvalue weighted by atomic mass is 32.1. The summed E-state index contributed by atoms with van der Waals surface area (Å²) in [6.45, 7) is 1.87. The van der Waals surface area contributed by atoms with Gasteiger partial charge in [0.1, 0.15) is 0 Å². The van der Waals surface area contributed by atoms with Crippen molar-refractivity contribution in [2.45, 2.75) is 43.8 Å². The van der Waals surface area contributed by atoms with Crippen molar-refractivity contribution >= 4 is 22.8 Å². The van der Waals surface area contributed by atoms with Crippen LogP contribution in [0.2, 0.25) is 0 Å². The molecule has 0 spiro atoms. The minimum atomic E-state index is 0.372. The number of ether oxygens (including phenoxy) is 1. The minimum Gasteiger partial charge on any atom is -0.371 e. The van der Waals surface area contributed by atoms with Crippen molar-refractivity contribution in [2.24, 2.45) is 0 Å². The number of hydrogen-bond donors (Lipinski definition) is 0. The number of anilines is 1. The molecule has 0 N–H and O–H groups in total. The maximum atomic E-state index is 11.1. The second-order valence-electron chi connectivity index (χ2n) is 5.50. The van der Waals surface area contributed by atoms with E-state index >= 15 is 0 Å². The molecular formula is C13H16N2O2S. The summed E-state index contributed by atoms with van der Waals surface area (Å²) in [6, 6.07) is 0. The fourth-order valence-corrected chi connectivity index (χ4v) is 3.96. The number of thiazole rings is 1. The van der Waals surface area contributed by atoms with Gasteiger partial charge in [-0.3, -0.25) is 4.79 Å². The molecule has 1 aliphatic carbocycles. The molecule has 96 valence electrons. The van der Waals surface area contributed by atoms with Crippen LogP contribution in [-0.2, 0) is 4.74 Å². The number of aromatic nitrogens is 1. The van der Waals surface area contributed by atoms with Crippen LogP contribution in [0.3, 0.4) is 0 Å². The van der Waals surface area contributed by atoms with E-state index < -0.39 is 0 Å². The van der Waals surface area contributed by atoms with Gasteiger partial charge in [-0.25, -0.2) is 4.98 Å². The molecule has 3 aliphatic rings. The maximum absolute atomic E-state index is 11.1. The lowest BCUT2D eigenvalue weighted by atomic mass is 10.2. The molecule has 0 aromatic carbocycles. The molecule has 3 fully saturated rings. The van der Waals surface area contributed by atoms with Crippen molar-refractivity contribution < 1.29 is 9.53 Å². The largest absolute Gasteiger partial charge is 0.371 e. The van der Waals surface area contributed by atoms with E-state index in [9.17, 15) is 4.79 Å². The number of carbonyl (C=O) groups excluding carboxylic acids is 1. The maximum Gasteiger partial charge on any atom is 0.186 e. The molecule has 2 atom stereocenters. The van der Waals surface area contributed by atoms with Crippen LogP contribution in [0.25, 0.3) is 0 Å². The third-order valence-corrected chi connectivity index (χ3v) is 5.11. The molecule has 2 unspecified atom stereocenters. The van der Waals surface area contributed by atoms with Gasteiger partial charge in [0.2, 0.25) is 0 Å². The van der Waals surface area contributed by atoms with Crippen molar-refractivity contribution in [3.63, 3.8) is 0 Å². The number of rotatable bonds is 3. The van der Waals surface area contributed by atoms with E-state index in [-0.39, 0.29) is 0 Å². The van der Waals surface area contributed by atoms with E-state index in [0.29, 0.717) is 18.1 Å². The highest BCUT2D eigenvalue weighted by Crippen LogP contribution is 2.44. The van der Waals surface area contributed by atoms with E-state index in [1.165, 1.54) is 25.7 Å². The van der Waals surface area contributed by atoms with E-state index in [1.807, 2.05) is 0 Å². The van der Waals surface area contributed by atoms with Crippen molar-refractivity contribution in [1.82, 2.24) is 4.98 Å². The summed E-state index contributed by atoms with van der Waals surface area (Å²) in [4.78, 5) is 19.0. The van der Waals surface area contributed by atoms with Crippen LogP contribution in [0.15, 0.2) is 0 Å². The van der Waals surface area contributed by atoms with Gasteiger partial charge in [-0.1, -0.05) is 11.3 Å². The highest BCUT2D eigenvalue weighted by Gasteiger charge is 2.36. The van der Waals surface area contributed by atoms with Gasteiger partial charge < -0.3 is 9.64 Å². The van der Waals surface area contributed by atoms with Gasteiger partial charge in [-0.05, 0) is 25.7 Å². The highest BCUT2D eigenvalue weighted by molar-refractivity contribution is 7.17. The van der Waals surface area contributed by atoms with Gasteiger partial charge in [0.25, 0.3) is 0 Å². The monoisotopic (exact) mass is 264 g/mol. The molecule has 1 saturated carbocycles. The first kappa shape index (κ1) is 10.9. The first-order valence-corrected chi connectivity index (χ1v) is 7.51. The van der Waals surface area contributed by atoms with Gasteiger partial charge in [0.05, 0.1) is 22.8 Å². The van der Waals surface area contributed by atoms with Crippen molar-refractivity contribution in [2.75, 3.05) is 18.0 Å². The Bertz CT molecular complexity index is 471. The Hall–Kier alpha value is -0.940. The second-order valence-corrected chi connectivity index (χ2v) is 6.51. The van der Waals surface area contributed by atoms with Gasteiger partial charge in [-0.2, -0.15) is 0 Å². The van der Waals surface area contributed by atoms with Crippen molar-refractivity contribution in [1.29, 1.82) is 0 Å². The molecular weight excluding hydrogens is 248 g/mol. The van der Waals surface area contributed by atoms with E-state index in [0.717, 1.165) is 35.1 Å². The van der Waals surface area contributed by atoms with Crippen LogP contribution in [0.4, 0.5) is 5.13 Å². The summed E-state index contributed by atoms with van der Waals surface area (Å²) in [5, 5.41) is 1.03. The van der Waals surface area contributed by atoms with Gasteiger partial charge in [0.15, 0.2) is 11.4 Å². The zero-order valence-electron chi connectivity index (χ0n) is 10.2. The predicted octanol–water partition coefficient (Wildman–Crippen LogP) is 2.20. The molecule has 3 heterocycles. The average molecular weight is 264 g/mol. The lowest BCUT2D eigenvalue weighted by Crippen LogP contribution is -2.42. The van der Waals surface area contributed by atoms with Crippen LogP contribution in [0.5, 0.6) is 0 Å². The van der Waals surface area contributed by atoms with Crippen LogP contribution in [0, 0.1) is 0 Å². The number of hydrogen-bond acceptors (Lipinski definition) is 5. The molecule has 5 heteroatoms. The Morgan fingerprint density at radius 2 is 1.94 bits per heavy atom. The standard InChI is InChI=1S/C13H16N2O2S/c16-7-11-12(8-1-2-8)14-13(18-11)15-5-9-3-4-10(6-15)17-9/h7-10H,1-6H2. The lowest BCUT2D eigenvalue weighted by molar-refractivity contribution is 0.0305. The second kappa shape index (κ2) is 4.03. The first-order chi connectivity index (χ1) is 8.83. The topological polar surface area (TPSA) is 42.4 Å². The van der Waals surface area contributed by atoms with Crippen molar-refractivity contribution in [3.8, 4) is 0 Å². The third kappa shape index (κ3) is 1.77. The van der Waals surface area contributed by atoms with Crippen molar-refractivity contribution in [3.05, 3.63) is 10.6 Å². The van der Waals surface area contributed by atoms with E-state index in [1.54, 1.807) is 11.3 Å². The normalized spacial score (nSPS) is 30.8. The Labute approximate surface area is 110 Å². The zero-order valence-corrected chi connectivity index (χ0v) is 11.0. The summed E-state index contributed by atoms with van der Waals surface area (Å²) in [5.74, 6) is 0.549. The number of aldehydes is 1. The Morgan fingerprint density at radius 1 is 1.22 bits per heavy atom. The van der Waals surface area contributed by atoms with Crippen LogP contribution in [0.1, 0.15) is 47.0 Å². The Balaban J connectivity index is 1.62. The summed E-state index contributed by atoms with van der Waals surface area (Å²) in [7, 11) is 0. The third-order valence-electron chi connectivity index (χ3n) is 4.05. The van der Waals surface area contributed by atoms with Gasteiger partial charge >= 0.3 is 0 Å². The minimum absolute atomic E-state index is 0.372. The van der Waals surface area contributed by atoms with E-state index in [2.05, 4.69) is 4.90 Å². The molecule has 1 aromatic rings. The fraction of sp³-hybridized carbons (Fsp3) is 0.692. The summed E-state index contributed by atoms with van der Waals surface area (Å²) in [5.41, 5.74) is 1.05. The van der Waals surface area contributed by atoms with Gasteiger partial charge in [0, 0.05) is 19.0 Å². The molecule has 2 bridgehead atoms. The SMILES string of the molecule is O=Cc1sc(N2CC3CCC(C2)O3)nc1C1CC1. The molecule has 0 amide bonds. The number of fused-ring (bicyclic) bond motifs is 2. The summed E-state index contributed by atoms with van der Waals surface area (Å²) in [6.07, 6.45) is 6.44. The summed E-state index contributed by atoms with van der Waals surface area (Å²) < 4.78 is 5.84. The Kier molecular flexibility index (Phi) is 2.45. The smallest absolute Gasteiger partial charge is 0.186 e.